The van der Waals surface area contributed by atoms with Crippen molar-refractivity contribution in [1.82, 2.24) is 5.32 Å². The lowest BCUT2D eigenvalue weighted by atomic mass is 9.88. The van der Waals surface area contributed by atoms with Crippen molar-refractivity contribution in [2.45, 2.75) is 32.4 Å². The van der Waals surface area contributed by atoms with Gasteiger partial charge in [-0.15, -0.1) is 0 Å². The van der Waals surface area contributed by atoms with Crippen LogP contribution in [0.4, 0.5) is 0 Å². The van der Waals surface area contributed by atoms with Gasteiger partial charge in [0, 0.05) is 0 Å². The van der Waals surface area contributed by atoms with Gasteiger partial charge in [0.05, 0.1) is 12.6 Å². The molecule has 0 radical (unpaired) electrons. The molecule has 0 aliphatic carbocycles. The molecule has 0 fully saturated rings. The van der Waals surface area contributed by atoms with Gasteiger partial charge in [-0.2, -0.15) is 0 Å². The number of fused-ring (bicyclic) bond motifs is 1. The summed E-state index contributed by atoms with van der Waals surface area (Å²) in [6.07, 6.45) is 1.09. The average Bonchev–Trinajstić information content (AvgIpc) is 2.51. The smallest absolute Gasteiger partial charge is 0.102 e. The minimum absolute atomic E-state index is 0.0837. The first-order chi connectivity index (χ1) is 10.2. The Balaban J connectivity index is 2.03. The molecule has 0 spiro atoms. The third kappa shape index (κ3) is 2.74. The first kappa shape index (κ1) is 14.3. The van der Waals surface area contributed by atoms with Crippen molar-refractivity contribution in [1.29, 1.82) is 0 Å². The summed E-state index contributed by atoms with van der Waals surface area (Å²) in [5.74, 6) is 0. The molecule has 0 aromatic heterocycles. The van der Waals surface area contributed by atoms with E-state index in [9.17, 15) is 0 Å². The summed E-state index contributed by atoms with van der Waals surface area (Å²) in [7, 11) is 2.02. The second kappa shape index (κ2) is 6.00. The molecule has 1 aliphatic rings. The molecule has 2 nitrogen and oxygen atoms in total. The molecule has 2 aromatic rings. The number of likely N-dealkylation sites (N-methyl/N-ethyl adjacent to an activating group) is 1. The van der Waals surface area contributed by atoms with Crippen LogP contribution in [-0.4, -0.2) is 13.7 Å². The molecule has 0 bridgehead atoms. The van der Waals surface area contributed by atoms with Gasteiger partial charge in [-0.25, -0.2) is 0 Å². The Morgan fingerprint density at radius 1 is 1.14 bits per heavy atom. The van der Waals surface area contributed by atoms with Crippen molar-refractivity contribution in [3.63, 3.8) is 0 Å². The Hall–Kier alpha value is -1.64. The molecule has 1 N–H and O–H groups in total. The highest BCUT2D eigenvalue weighted by Crippen LogP contribution is 2.37. The lowest BCUT2D eigenvalue weighted by Gasteiger charge is -2.33. The van der Waals surface area contributed by atoms with Crippen LogP contribution in [0.5, 0.6) is 0 Å². The number of ether oxygens (including phenoxy) is 1. The third-order valence-corrected chi connectivity index (χ3v) is 4.41. The highest BCUT2D eigenvalue weighted by molar-refractivity contribution is 5.38. The maximum Gasteiger partial charge on any atom is 0.102 e. The summed E-state index contributed by atoms with van der Waals surface area (Å²) in [6, 6.07) is 15.5. The number of hydrogen-bond acceptors (Lipinski definition) is 2. The minimum Gasteiger partial charge on any atom is -0.371 e. The molecule has 21 heavy (non-hydrogen) atoms. The normalized spacial score (nSPS) is 19.1. The first-order valence-electron chi connectivity index (χ1n) is 7.64. The summed E-state index contributed by atoms with van der Waals surface area (Å²) in [4.78, 5) is 0. The molecule has 1 aliphatic heterocycles. The van der Waals surface area contributed by atoms with E-state index in [4.69, 9.17) is 4.74 Å². The van der Waals surface area contributed by atoms with E-state index in [1.54, 1.807) is 0 Å². The van der Waals surface area contributed by atoms with E-state index in [1.165, 1.54) is 27.8 Å². The molecule has 1 heterocycles. The minimum atomic E-state index is 0.0837. The Kier molecular flexibility index (Phi) is 4.09. The van der Waals surface area contributed by atoms with Crippen molar-refractivity contribution in [3.05, 3.63) is 70.3 Å². The Morgan fingerprint density at radius 2 is 1.95 bits per heavy atom. The molecule has 0 saturated carbocycles. The van der Waals surface area contributed by atoms with Gasteiger partial charge < -0.3 is 10.1 Å². The quantitative estimate of drug-likeness (QED) is 0.922. The van der Waals surface area contributed by atoms with Gasteiger partial charge in [0.1, 0.15) is 6.10 Å². The Bertz CT molecular complexity index is 635. The first-order valence-corrected chi connectivity index (χ1v) is 7.64. The van der Waals surface area contributed by atoms with Crippen LogP contribution in [0.25, 0.3) is 0 Å². The predicted molar refractivity (Wildman–Crippen MR) is 86.6 cm³/mol. The molecule has 2 atom stereocenters. The largest absolute Gasteiger partial charge is 0.371 e. The monoisotopic (exact) mass is 281 g/mol. The standard InChI is InChI=1S/C19H23NO/c1-13-8-9-14(2)17(12-13)18(20-3)19-16-7-5-4-6-15(16)10-11-21-19/h4-9,12,18-20H,10-11H2,1-3H3. The maximum absolute atomic E-state index is 6.14. The number of aryl methyl sites for hydroxylation is 2. The van der Waals surface area contributed by atoms with Gasteiger partial charge in [-0.3, -0.25) is 0 Å². The predicted octanol–water partition coefficient (Wildman–Crippen LogP) is 3.88. The van der Waals surface area contributed by atoms with Crippen LogP contribution in [0.1, 0.15) is 40.0 Å². The van der Waals surface area contributed by atoms with Gasteiger partial charge in [0.15, 0.2) is 0 Å². The molecule has 2 aromatic carbocycles. The fourth-order valence-electron chi connectivity index (χ4n) is 3.27. The third-order valence-electron chi connectivity index (χ3n) is 4.41. The fraction of sp³-hybridized carbons (Fsp3) is 0.368. The van der Waals surface area contributed by atoms with Crippen molar-refractivity contribution in [3.8, 4) is 0 Å². The van der Waals surface area contributed by atoms with Gasteiger partial charge in [-0.1, -0.05) is 48.0 Å². The maximum atomic E-state index is 6.14. The molecule has 0 saturated heterocycles. The Labute approximate surface area is 127 Å². The highest BCUT2D eigenvalue weighted by Gasteiger charge is 2.29. The van der Waals surface area contributed by atoms with Crippen LogP contribution >= 0.6 is 0 Å². The fourth-order valence-corrected chi connectivity index (χ4v) is 3.27. The molecule has 2 heteroatoms. The van der Waals surface area contributed by atoms with Gasteiger partial charge in [0.2, 0.25) is 0 Å². The van der Waals surface area contributed by atoms with Crippen LogP contribution in [0.2, 0.25) is 0 Å². The highest BCUT2D eigenvalue weighted by atomic mass is 16.5. The number of nitrogens with one attached hydrogen (secondary N) is 1. The van der Waals surface area contributed by atoms with Gasteiger partial charge >= 0.3 is 0 Å². The van der Waals surface area contributed by atoms with E-state index in [2.05, 4.69) is 61.6 Å². The molecule has 110 valence electrons. The zero-order valence-corrected chi connectivity index (χ0v) is 13.0. The summed E-state index contributed by atoms with van der Waals surface area (Å²) in [5.41, 5.74) is 6.68. The zero-order valence-electron chi connectivity index (χ0n) is 13.0. The van der Waals surface area contributed by atoms with E-state index in [1.807, 2.05) is 7.05 Å². The van der Waals surface area contributed by atoms with Crippen molar-refractivity contribution >= 4 is 0 Å². The molecule has 2 unspecified atom stereocenters. The topological polar surface area (TPSA) is 21.3 Å². The number of hydrogen-bond donors (Lipinski definition) is 1. The van der Waals surface area contributed by atoms with Crippen molar-refractivity contribution in [2.75, 3.05) is 13.7 Å². The Morgan fingerprint density at radius 3 is 2.76 bits per heavy atom. The van der Waals surface area contributed by atoms with Crippen LogP contribution in [0.3, 0.4) is 0 Å². The summed E-state index contributed by atoms with van der Waals surface area (Å²) >= 11 is 0. The second-order valence-electron chi connectivity index (χ2n) is 5.87. The SMILES string of the molecule is CNC(c1cc(C)ccc1C)C1OCCc2ccccc21. The second-order valence-corrected chi connectivity index (χ2v) is 5.87. The van der Waals surface area contributed by atoms with Crippen LogP contribution in [0, 0.1) is 13.8 Å². The van der Waals surface area contributed by atoms with E-state index in [0.717, 1.165) is 13.0 Å². The molecule has 3 rings (SSSR count). The summed E-state index contributed by atoms with van der Waals surface area (Å²) in [5, 5.41) is 3.47. The zero-order chi connectivity index (χ0) is 14.8. The lowest BCUT2D eigenvalue weighted by molar-refractivity contribution is 0.0164. The van der Waals surface area contributed by atoms with Crippen LogP contribution in [-0.2, 0) is 11.2 Å². The van der Waals surface area contributed by atoms with Crippen molar-refractivity contribution in [2.24, 2.45) is 0 Å². The molecule has 0 amide bonds. The summed E-state index contributed by atoms with van der Waals surface area (Å²) < 4.78 is 6.14. The van der Waals surface area contributed by atoms with E-state index < -0.39 is 0 Å². The molecular weight excluding hydrogens is 258 g/mol. The molecular formula is C19H23NO. The van der Waals surface area contributed by atoms with E-state index >= 15 is 0 Å². The van der Waals surface area contributed by atoms with E-state index in [0.29, 0.717) is 0 Å². The van der Waals surface area contributed by atoms with Crippen LogP contribution in [0.15, 0.2) is 42.5 Å². The number of rotatable bonds is 3. The van der Waals surface area contributed by atoms with Crippen molar-refractivity contribution < 1.29 is 4.74 Å². The van der Waals surface area contributed by atoms with Gasteiger partial charge in [-0.05, 0) is 49.6 Å². The van der Waals surface area contributed by atoms with Gasteiger partial charge in [0.25, 0.3) is 0 Å². The lowest BCUT2D eigenvalue weighted by Crippen LogP contribution is -2.30. The average molecular weight is 281 g/mol. The summed E-state index contributed by atoms with van der Waals surface area (Å²) in [6.45, 7) is 5.11. The van der Waals surface area contributed by atoms with Crippen LogP contribution < -0.4 is 5.32 Å². The van der Waals surface area contributed by atoms with E-state index in [-0.39, 0.29) is 12.1 Å². The number of benzene rings is 2.